The maximum absolute atomic E-state index is 12.4. The lowest BCUT2D eigenvalue weighted by Gasteiger charge is -2.11. The van der Waals surface area contributed by atoms with Crippen LogP contribution in [0.25, 0.3) is 0 Å². The van der Waals surface area contributed by atoms with E-state index in [0.29, 0.717) is 30.3 Å². The van der Waals surface area contributed by atoms with Crippen molar-refractivity contribution in [1.29, 1.82) is 0 Å². The molecule has 0 aliphatic carbocycles. The van der Waals surface area contributed by atoms with Crippen molar-refractivity contribution in [2.75, 3.05) is 23.8 Å². The van der Waals surface area contributed by atoms with Crippen LogP contribution in [0.1, 0.15) is 16.8 Å². The van der Waals surface area contributed by atoms with E-state index in [2.05, 4.69) is 15.6 Å². The molecule has 4 rings (SSSR count). The van der Waals surface area contributed by atoms with Crippen LogP contribution >= 0.6 is 0 Å². The van der Waals surface area contributed by atoms with Crippen LogP contribution < -0.4 is 15.4 Å². The number of aromatic nitrogens is 1. The van der Waals surface area contributed by atoms with Gasteiger partial charge in [0.05, 0.1) is 18.8 Å². The summed E-state index contributed by atoms with van der Waals surface area (Å²) in [6, 6.07) is 20.9. The van der Waals surface area contributed by atoms with Crippen LogP contribution in [0.5, 0.6) is 5.88 Å². The molecular weight excluding hydrogens is 354 g/mol. The fourth-order valence-electron chi connectivity index (χ4n) is 2.89. The normalized spacial score (nSPS) is 15.8. The third kappa shape index (κ3) is 4.66. The number of amides is 1. The van der Waals surface area contributed by atoms with Gasteiger partial charge in [-0.05, 0) is 42.5 Å². The van der Waals surface area contributed by atoms with Gasteiger partial charge in [0.2, 0.25) is 5.88 Å². The van der Waals surface area contributed by atoms with Crippen molar-refractivity contribution in [2.45, 2.75) is 12.5 Å². The Morgan fingerprint density at radius 1 is 0.964 bits per heavy atom. The van der Waals surface area contributed by atoms with E-state index in [0.717, 1.165) is 17.8 Å². The first-order valence-corrected chi connectivity index (χ1v) is 9.20. The molecule has 2 N–H and O–H groups in total. The molecule has 1 saturated heterocycles. The van der Waals surface area contributed by atoms with Crippen LogP contribution in [0, 0.1) is 0 Å². The summed E-state index contributed by atoms with van der Waals surface area (Å²) in [5, 5.41) is 6.18. The quantitative estimate of drug-likeness (QED) is 0.674. The average Bonchev–Trinajstić information content (AvgIpc) is 3.24. The first-order chi connectivity index (χ1) is 13.8. The highest BCUT2D eigenvalue weighted by Gasteiger charge is 2.17. The third-order valence-electron chi connectivity index (χ3n) is 4.38. The first kappa shape index (κ1) is 18.0. The molecule has 2 heterocycles. The summed E-state index contributed by atoms with van der Waals surface area (Å²) in [6.07, 6.45) is 2.42. The molecule has 1 unspecified atom stereocenters. The Balaban J connectivity index is 1.33. The van der Waals surface area contributed by atoms with Crippen LogP contribution in [0.3, 0.4) is 0 Å². The number of hydrogen-bond donors (Lipinski definition) is 2. The number of para-hydroxylation sites is 1. The molecule has 6 heteroatoms. The molecule has 1 aliphatic rings. The second kappa shape index (κ2) is 8.54. The SMILES string of the molecule is O=C(Nc1ccc(Nc2ccccc2)cc1)c1ccc(OC2CCOC2)nc1. The van der Waals surface area contributed by atoms with E-state index >= 15 is 0 Å². The minimum Gasteiger partial charge on any atom is -0.472 e. The summed E-state index contributed by atoms with van der Waals surface area (Å²) in [5.41, 5.74) is 3.15. The van der Waals surface area contributed by atoms with Crippen LogP contribution in [-0.4, -0.2) is 30.2 Å². The molecule has 1 atom stereocenters. The van der Waals surface area contributed by atoms with E-state index in [9.17, 15) is 4.79 Å². The lowest BCUT2D eigenvalue weighted by atomic mass is 10.2. The number of nitrogens with zero attached hydrogens (tertiary/aromatic N) is 1. The van der Waals surface area contributed by atoms with Gasteiger partial charge < -0.3 is 20.1 Å². The fourth-order valence-corrected chi connectivity index (χ4v) is 2.89. The predicted molar refractivity (Wildman–Crippen MR) is 108 cm³/mol. The molecule has 28 heavy (non-hydrogen) atoms. The number of carbonyl (C=O) groups is 1. The smallest absolute Gasteiger partial charge is 0.257 e. The fraction of sp³-hybridized carbons (Fsp3) is 0.182. The predicted octanol–water partition coefficient (Wildman–Crippen LogP) is 4.25. The van der Waals surface area contributed by atoms with Crippen LogP contribution in [0.15, 0.2) is 72.9 Å². The maximum Gasteiger partial charge on any atom is 0.257 e. The van der Waals surface area contributed by atoms with Crippen molar-refractivity contribution >= 4 is 23.0 Å². The summed E-state index contributed by atoms with van der Waals surface area (Å²) in [5.74, 6) is 0.287. The lowest BCUT2D eigenvalue weighted by Crippen LogP contribution is -2.17. The number of nitrogens with one attached hydrogen (secondary N) is 2. The standard InChI is InChI=1S/C22H21N3O3/c26-22(16-6-11-21(23-14-16)28-20-12-13-27-15-20)25-19-9-7-18(8-10-19)24-17-4-2-1-3-5-17/h1-11,14,20,24H,12-13,15H2,(H,25,26). The van der Waals surface area contributed by atoms with E-state index in [1.165, 1.54) is 6.20 Å². The number of rotatable bonds is 6. The van der Waals surface area contributed by atoms with E-state index < -0.39 is 0 Å². The summed E-state index contributed by atoms with van der Waals surface area (Å²) < 4.78 is 11.0. The molecule has 0 saturated carbocycles. The molecule has 2 aromatic carbocycles. The van der Waals surface area contributed by atoms with Crippen LogP contribution in [0.2, 0.25) is 0 Å². The van der Waals surface area contributed by atoms with Gasteiger partial charge in [-0.1, -0.05) is 18.2 Å². The van der Waals surface area contributed by atoms with Gasteiger partial charge in [0.25, 0.3) is 5.91 Å². The van der Waals surface area contributed by atoms with Gasteiger partial charge in [-0.15, -0.1) is 0 Å². The van der Waals surface area contributed by atoms with Crippen LogP contribution in [0.4, 0.5) is 17.1 Å². The summed E-state index contributed by atoms with van der Waals surface area (Å²) in [6.45, 7) is 1.30. The summed E-state index contributed by atoms with van der Waals surface area (Å²) in [4.78, 5) is 16.6. The Morgan fingerprint density at radius 3 is 2.39 bits per heavy atom. The van der Waals surface area contributed by atoms with E-state index in [1.807, 2.05) is 54.6 Å². The number of benzene rings is 2. The van der Waals surface area contributed by atoms with Gasteiger partial charge in [-0.25, -0.2) is 4.98 Å². The van der Waals surface area contributed by atoms with Gasteiger partial charge in [0.15, 0.2) is 0 Å². The number of ether oxygens (including phenoxy) is 2. The zero-order chi connectivity index (χ0) is 19.2. The number of anilines is 3. The van der Waals surface area contributed by atoms with Gasteiger partial charge in [0.1, 0.15) is 6.10 Å². The number of pyridine rings is 1. The molecule has 1 aliphatic heterocycles. The monoisotopic (exact) mass is 375 g/mol. The van der Waals surface area contributed by atoms with Gasteiger partial charge in [0, 0.05) is 35.7 Å². The van der Waals surface area contributed by atoms with Crippen molar-refractivity contribution in [2.24, 2.45) is 0 Å². The van der Waals surface area contributed by atoms with Gasteiger partial charge >= 0.3 is 0 Å². The van der Waals surface area contributed by atoms with Crippen molar-refractivity contribution < 1.29 is 14.3 Å². The maximum atomic E-state index is 12.4. The largest absolute Gasteiger partial charge is 0.472 e. The first-order valence-electron chi connectivity index (χ1n) is 9.20. The highest BCUT2D eigenvalue weighted by atomic mass is 16.5. The molecule has 1 amide bonds. The van der Waals surface area contributed by atoms with E-state index in [1.54, 1.807) is 12.1 Å². The Bertz CT molecular complexity index is 906. The molecule has 1 aromatic heterocycles. The average molecular weight is 375 g/mol. The van der Waals surface area contributed by atoms with Crippen molar-refractivity contribution in [1.82, 2.24) is 4.98 Å². The molecule has 3 aromatic rings. The molecule has 142 valence electrons. The third-order valence-corrected chi connectivity index (χ3v) is 4.38. The summed E-state index contributed by atoms with van der Waals surface area (Å²) >= 11 is 0. The zero-order valence-corrected chi connectivity index (χ0v) is 15.3. The Kier molecular flexibility index (Phi) is 5.49. The molecule has 0 bridgehead atoms. The highest BCUT2D eigenvalue weighted by Crippen LogP contribution is 2.20. The van der Waals surface area contributed by atoms with Gasteiger partial charge in [-0.2, -0.15) is 0 Å². The highest BCUT2D eigenvalue weighted by molar-refractivity contribution is 6.04. The minimum atomic E-state index is -0.216. The molecular formula is C22H21N3O3. The van der Waals surface area contributed by atoms with Crippen molar-refractivity contribution in [3.05, 3.63) is 78.5 Å². The molecule has 0 spiro atoms. The van der Waals surface area contributed by atoms with E-state index in [4.69, 9.17) is 9.47 Å². The van der Waals surface area contributed by atoms with E-state index in [-0.39, 0.29) is 12.0 Å². The van der Waals surface area contributed by atoms with Crippen molar-refractivity contribution in [3.63, 3.8) is 0 Å². The summed E-state index contributed by atoms with van der Waals surface area (Å²) in [7, 11) is 0. The Morgan fingerprint density at radius 2 is 1.71 bits per heavy atom. The number of carbonyl (C=O) groups excluding carboxylic acids is 1. The second-order valence-electron chi connectivity index (χ2n) is 6.51. The molecule has 6 nitrogen and oxygen atoms in total. The minimum absolute atomic E-state index is 0.0372. The topological polar surface area (TPSA) is 72.5 Å². The molecule has 0 radical (unpaired) electrons. The second-order valence-corrected chi connectivity index (χ2v) is 6.51. The zero-order valence-electron chi connectivity index (χ0n) is 15.3. The Hall–Kier alpha value is -3.38. The van der Waals surface area contributed by atoms with Gasteiger partial charge in [-0.3, -0.25) is 4.79 Å². The Labute approximate surface area is 163 Å². The van der Waals surface area contributed by atoms with Crippen molar-refractivity contribution in [3.8, 4) is 5.88 Å². The number of hydrogen-bond acceptors (Lipinski definition) is 5. The lowest BCUT2D eigenvalue weighted by molar-refractivity contribution is 0.102. The van der Waals surface area contributed by atoms with Crippen LogP contribution in [-0.2, 0) is 4.74 Å². The molecule has 1 fully saturated rings.